The average Bonchev–Trinajstić information content (AvgIpc) is 3.10. The van der Waals surface area contributed by atoms with Gasteiger partial charge in [-0.3, -0.25) is 0 Å². The first-order valence-corrected chi connectivity index (χ1v) is 5.98. The summed E-state index contributed by atoms with van der Waals surface area (Å²) in [6, 6.07) is 9.99. The fourth-order valence-electron chi connectivity index (χ4n) is 2.05. The fraction of sp³-hybridized carbons (Fsp3) is 0.500. The maximum Gasteiger partial charge on any atom is 0.0991 e. The van der Waals surface area contributed by atoms with Gasteiger partial charge in [0.1, 0.15) is 0 Å². The van der Waals surface area contributed by atoms with Gasteiger partial charge in [0.05, 0.1) is 11.6 Å². The van der Waals surface area contributed by atoms with Gasteiger partial charge in [0, 0.05) is 13.1 Å². The van der Waals surface area contributed by atoms with Gasteiger partial charge in [-0.15, -0.1) is 0 Å². The predicted octanol–water partition coefficient (Wildman–Crippen LogP) is 2.84. The van der Waals surface area contributed by atoms with Gasteiger partial charge in [0.25, 0.3) is 0 Å². The lowest BCUT2D eigenvalue weighted by atomic mass is 10.0. The first-order chi connectivity index (χ1) is 7.78. The van der Waals surface area contributed by atoms with Crippen molar-refractivity contribution in [3.8, 4) is 6.07 Å². The highest BCUT2D eigenvalue weighted by molar-refractivity contribution is 5.32. The van der Waals surface area contributed by atoms with Crippen LogP contribution in [0.1, 0.15) is 37.3 Å². The second-order valence-electron chi connectivity index (χ2n) is 4.77. The first-order valence-electron chi connectivity index (χ1n) is 5.98. The molecule has 1 aliphatic rings. The highest BCUT2D eigenvalue weighted by Gasteiger charge is 2.39. The molecule has 0 amide bonds. The molecule has 0 radical (unpaired) electrons. The van der Waals surface area contributed by atoms with E-state index in [9.17, 15) is 0 Å². The third-order valence-electron chi connectivity index (χ3n) is 3.59. The molecule has 1 saturated carbocycles. The Bertz CT molecular complexity index is 399. The molecule has 1 aromatic rings. The van der Waals surface area contributed by atoms with Crippen LogP contribution in [0.5, 0.6) is 0 Å². The van der Waals surface area contributed by atoms with Gasteiger partial charge in [-0.25, -0.2) is 0 Å². The zero-order valence-corrected chi connectivity index (χ0v) is 9.79. The van der Waals surface area contributed by atoms with Gasteiger partial charge in [-0.1, -0.05) is 19.1 Å². The van der Waals surface area contributed by atoms with Crippen molar-refractivity contribution in [2.24, 2.45) is 5.41 Å². The lowest BCUT2D eigenvalue weighted by Crippen LogP contribution is -2.23. The normalized spacial score (nSPS) is 16.8. The van der Waals surface area contributed by atoms with Crippen LogP contribution in [0.4, 0.5) is 0 Å². The molecule has 84 valence electrons. The second-order valence-corrected chi connectivity index (χ2v) is 4.77. The zero-order valence-electron chi connectivity index (χ0n) is 9.79. The second kappa shape index (κ2) is 4.67. The zero-order chi connectivity index (χ0) is 11.4. The highest BCUT2D eigenvalue weighted by atomic mass is 14.9. The van der Waals surface area contributed by atoms with Gasteiger partial charge < -0.3 is 5.32 Å². The number of rotatable bonds is 5. The van der Waals surface area contributed by atoms with Crippen LogP contribution in [-0.2, 0) is 6.54 Å². The molecule has 0 saturated heterocycles. The van der Waals surface area contributed by atoms with Crippen LogP contribution in [0.25, 0.3) is 0 Å². The standard InChI is InChI=1S/C14H18N2/c1-2-14(6-7-14)11-16-10-13-5-3-4-12(8-13)9-15/h3-5,8,16H,2,6-7,10-11H2,1H3. The third-order valence-corrected chi connectivity index (χ3v) is 3.59. The van der Waals surface area contributed by atoms with Crippen molar-refractivity contribution in [1.82, 2.24) is 5.32 Å². The Hall–Kier alpha value is -1.33. The predicted molar refractivity (Wildman–Crippen MR) is 64.8 cm³/mol. The minimum atomic E-state index is 0.590. The maximum atomic E-state index is 8.79. The molecule has 0 bridgehead atoms. The van der Waals surface area contributed by atoms with E-state index in [4.69, 9.17) is 5.26 Å². The monoisotopic (exact) mass is 214 g/mol. The van der Waals surface area contributed by atoms with Crippen LogP contribution < -0.4 is 5.32 Å². The van der Waals surface area contributed by atoms with Gasteiger partial charge in [-0.2, -0.15) is 5.26 Å². The van der Waals surface area contributed by atoms with Crippen LogP contribution in [0.2, 0.25) is 0 Å². The van der Waals surface area contributed by atoms with Crippen molar-refractivity contribution >= 4 is 0 Å². The fourth-order valence-corrected chi connectivity index (χ4v) is 2.05. The lowest BCUT2D eigenvalue weighted by molar-refractivity contribution is 0.443. The quantitative estimate of drug-likeness (QED) is 0.818. The lowest BCUT2D eigenvalue weighted by Gasteiger charge is -2.13. The Kier molecular flexibility index (Phi) is 3.26. The number of nitrogens with one attached hydrogen (secondary N) is 1. The molecule has 2 rings (SSSR count). The van der Waals surface area contributed by atoms with E-state index >= 15 is 0 Å². The highest BCUT2D eigenvalue weighted by Crippen LogP contribution is 2.47. The molecule has 1 N–H and O–H groups in total. The van der Waals surface area contributed by atoms with E-state index in [0.717, 1.165) is 18.7 Å². The minimum Gasteiger partial charge on any atom is -0.312 e. The summed E-state index contributed by atoms with van der Waals surface area (Å²) in [5, 5.41) is 12.3. The summed E-state index contributed by atoms with van der Waals surface area (Å²) in [6.07, 6.45) is 4.02. The Morgan fingerprint density at radius 3 is 2.88 bits per heavy atom. The molecule has 2 heteroatoms. The van der Waals surface area contributed by atoms with Crippen molar-refractivity contribution in [2.45, 2.75) is 32.7 Å². The van der Waals surface area contributed by atoms with Gasteiger partial charge in [0.15, 0.2) is 0 Å². The molecule has 2 nitrogen and oxygen atoms in total. The molecule has 0 heterocycles. The number of benzene rings is 1. The molecule has 1 aliphatic carbocycles. The number of hydrogen-bond donors (Lipinski definition) is 1. The van der Waals surface area contributed by atoms with Crippen LogP contribution in [0, 0.1) is 16.7 Å². The molecule has 0 spiro atoms. The van der Waals surface area contributed by atoms with E-state index in [1.54, 1.807) is 0 Å². The van der Waals surface area contributed by atoms with Crippen LogP contribution in [0.3, 0.4) is 0 Å². The molecule has 0 aliphatic heterocycles. The van der Waals surface area contributed by atoms with Crippen molar-refractivity contribution in [3.63, 3.8) is 0 Å². The molecule has 1 aromatic carbocycles. The van der Waals surface area contributed by atoms with E-state index in [1.807, 2.05) is 18.2 Å². The minimum absolute atomic E-state index is 0.590. The average molecular weight is 214 g/mol. The van der Waals surface area contributed by atoms with E-state index in [-0.39, 0.29) is 0 Å². The summed E-state index contributed by atoms with van der Waals surface area (Å²) in [4.78, 5) is 0. The summed E-state index contributed by atoms with van der Waals surface area (Å²) in [5.74, 6) is 0. The topological polar surface area (TPSA) is 35.8 Å². The summed E-state index contributed by atoms with van der Waals surface area (Å²) in [5.41, 5.74) is 2.54. The summed E-state index contributed by atoms with van der Waals surface area (Å²) >= 11 is 0. The number of nitriles is 1. The van der Waals surface area contributed by atoms with Gasteiger partial charge in [0.2, 0.25) is 0 Å². The molecule has 1 fully saturated rings. The Labute approximate surface area is 97.3 Å². The maximum absolute atomic E-state index is 8.79. The van der Waals surface area contributed by atoms with Crippen LogP contribution in [-0.4, -0.2) is 6.54 Å². The molecular weight excluding hydrogens is 196 g/mol. The molecule has 0 unspecified atom stereocenters. The third kappa shape index (κ3) is 2.62. The summed E-state index contributed by atoms with van der Waals surface area (Å²) in [7, 11) is 0. The Morgan fingerprint density at radius 1 is 1.44 bits per heavy atom. The van der Waals surface area contributed by atoms with Crippen molar-refractivity contribution in [1.29, 1.82) is 5.26 Å². The van der Waals surface area contributed by atoms with E-state index in [1.165, 1.54) is 24.8 Å². The molecular formula is C14H18N2. The Morgan fingerprint density at radius 2 is 2.25 bits per heavy atom. The summed E-state index contributed by atoms with van der Waals surface area (Å²) in [6.45, 7) is 4.25. The van der Waals surface area contributed by atoms with Gasteiger partial charge >= 0.3 is 0 Å². The first kappa shape index (κ1) is 11.2. The summed E-state index contributed by atoms with van der Waals surface area (Å²) < 4.78 is 0. The van der Waals surface area contributed by atoms with E-state index in [0.29, 0.717) is 5.41 Å². The van der Waals surface area contributed by atoms with Crippen molar-refractivity contribution < 1.29 is 0 Å². The number of hydrogen-bond acceptors (Lipinski definition) is 2. The van der Waals surface area contributed by atoms with Crippen LogP contribution >= 0.6 is 0 Å². The van der Waals surface area contributed by atoms with E-state index in [2.05, 4.69) is 24.4 Å². The molecule has 0 atom stereocenters. The Balaban J connectivity index is 1.83. The van der Waals surface area contributed by atoms with Crippen LogP contribution in [0.15, 0.2) is 24.3 Å². The van der Waals surface area contributed by atoms with Gasteiger partial charge in [-0.05, 0) is 42.4 Å². The van der Waals surface area contributed by atoms with Crippen molar-refractivity contribution in [3.05, 3.63) is 35.4 Å². The largest absolute Gasteiger partial charge is 0.312 e. The molecule has 0 aromatic heterocycles. The SMILES string of the molecule is CCC1(CNCc2cccc(C#N)c2)CC1. The van der Waals surface area contributed by atoms with E-state index < -0.39 is 0 Å². The smallest absolute Gasteiger partial charge is 0.0991 e. The number of nitrogens with zero attached hydrogens (tertiary/aromatic N) is 1. The van der Waals surface area contributed by atoms with Crippen molar-refractivity contribution in [2.75, 3.05) is 6.54 Å². The molecule has 16 heavy (non-hydrogen) atoms.